The van der Waals surface area contributed by atoms with E-state index in [0.717, 1.165) is 18.4 Å². The van der Waals surface area contributed by atoms with Crippen molar-refractivity contribution in [1.82, 2.24) is 10.9 Å². The molecule has 0 aliphatic carbocycles. The smallest absolute Gasteiger partial charge is 0.224 e. The predicted molar refractivity (Wildman–Crippen MR) is 133 cm³/mol. The van der Waals surface area contributed by atoms with Crippen LogP contribution in [0.15, 0.2) is 58.6 Å². The molecular formula is C22H30BrN5OS. The molecule has 0 aliphatic heterocycles. The average molecular weight is 492 g/mol. The van der Waals surface area contributed by atoms with Crippen LogP contribution in [-0.4, -0.2) is 18.3 Å². The van der Waals surface area contributed by atoms with E-state index in [9.17, 15) is 4.79 Å². The lowest BCUT2D eigenvalue weighted by Gasteiger charge is -2.04. The van der Waals surface area contributed by atoms with Crippen LogP contribution in [0.2, 0.25) is 0 Å². The number of thiophene rings is 1. The number of carbonyl (C=O) groups is 1. The van der Waals surface area contributed by atoms with Gasteiger partial charge in [0, 0.05) is 11.0 Å². The number of amidine groups is 1. The number of aryl methyl sites for hydroxylation is 1. The van der Waals surface area contributed by atoms with Crippen LogP contribution in [0, 0.1) is 0 Å². The number of rotatable bonds is 11. The molecule has 0 atom stereocenters. The van der Waals surface area contributed by atoms with E-state index < -0.39 is 0 Å². The van der Waals surface area contributed by atoms with Crippen molar-refractivity contribution in [2.75, 3.05) is 6.54 Å². The highest BCUT2D eigenvalue weighted by molar-refractivity contribution is 9.14. The second-order valence-electron chi connectivity index (χ2n) is 6.42. The van der Waals surface area contributed by atoms with Crippen LogP contribution in [-0.2, 0) is 11.2 Å². The predicted octanol–water partition coefficient (Wildman–Crippen LogP) is 2.47. The molecule has 6 nitrogen and oxygen atoms in total. The lowest BCUT2D eigenvalue weighted by atomic mass is 10.0. The number of hydrazine groups is 1. The third-order valence-corrected chi connectivity index (χ3v) is 5.95. The molecule has 0 unspecified atom stereocenters. The minimum absolute atomic E-state index is 0.141. The zero-order valence-corrected chi connectivity index (χ0v) is 19.9. The molecule has 0 fully saturated rings. The Morgan fingerprint density at radius 3 is 2.83 bits per heavy atom. The van der Waals surface area contributed by atoms with Gasteiger partial charge in [0.1, 0.15) is 5.84 Å². The van der Waals surface area contributed by atoms with Crippen LogP contribution in [0.5, 0.6) is 0 Å². The van der Waals surface area contributed by atoms with Gasteiger partial charge in [-0.15, -0.1) is 11.3 Å². The van der Waals surface area contributed by atoms with E-state index in [1.165, 1.54) is 20.9 Å². The lowest BCUT2D eigenvalue weighted by Crippen LogP contribution is -2.35. The number of amides is 1. The summed E-state index contributed by atoms with van der Waals surface area (Å²) in [7, 11) is 0. The van der Waals surface area contributed by atoms with E-state index in [1.807, 2.05) is 30.1 Å². The van der Waals surface area contributed by atoms with E-state index in [4.69, 9.17) is 11.6 Å². The Balaban J connectivity index is 2.78. The first-order chi connectivity index (χ1) is 14.4. The van der Waals surface area contributed by atoms with Gasteiger partial charge in [-0.05, 0) is 53.4 Å². The molecule has 1 amide bonds. The zero-order valence-electron chi connectivity index (χ0n) is 17.5. The maximum Gasteiger partial charge on any atom is 0.224 e. The number of allylic oxidation sites excluding steroid dienone is 6. The maximum absolute atomic E-state index is 11.9. The number of hydrazone groups is 1. The first kappa shape index (κ1) is 25.6. The summed E-state index contributed by atoms with van der Waals surface area (Å²) < 4.78 is 1.21. The summed E-state index contributed by atoms with van der Waals surface area (Å²) in [6.07, 6.45) is 13.8. The Hall–Kier alpha value is -2.42. The van der Waals surface area contributed by atoms with Gasteiger partial charge in [0.15, 0.2) is 0 Å². The largest absolute Gasteiger partial charge is 0.384 e. The molecule has 1 rings (SSSR count). The number of hydrogen-bond donors (Lipinski definition) is 4. The third-order valence-electron chi connectivity index (χ3n) is 4.19. The summed E-state index contributed by atoms with van der Waals surface area (Å²) >= 11 is 5.19. The normalized spacial score (nSPS) is 14.5. The van der Waals surface area contributed by atoms with Crippen LogP contribution in [0.4, 0.5) is 0 Å². The second-order valence-corrected chi connectivity index (χ2v) is 7.79. The van der Waals surface area contributed by atoms with Gasteiger partial charge in [0.25, 0.3) is 0 Å². The van der Waals surface area contributed by atoms with Crippen LogP contribution < -0.4 is 32.2 Å². The van der Waals surface area contributed by atoms with Gasteiger partial charge in [-0.3, -0.25) is 4.79 Å². The minimum Gasteiger partial charge on any atom is -0.384 e. The molecule has 0 saturated carbocycles. The van der Waals surface area contributed by atoms with Gasteiger partial charge in [-0.2, -0.15) is 5.10 Å². The lowest BCUT2D eigenvalue weighted by molar-refractivity contribution is -0.119. The molecule has 1 aromatic rings. The fourth-order valence-electron chi connectivity index (χ4n) is 2.53. The van der Waals surface area contributed by atoms with E-state index in [1.54, 1.807) is 17.4 Å². The van der Waals surface area contributed by atoms with Crippen molar-refractivity contribution >= 4 is 50.1 Å². The number of nitrogens with one attached hydrogen (secondary N) is 2. The third kappa shape index (κ3) is 9.39. The summed E-state index contributed by atoms with van der Waals surface area (Å²) in [6, 6.07) is 0. The Bertz CT molecular complexity index is 957. The molecule has 0 aromatic carbocycles. The fraction of sp³-hybridized carbons (Fsp3) is 0.273. The standard InChI is InChI=1S/C22H30BrN5OS/c1-4-7-17(8-6-9-22(29)26-14-21(24)27-28-25)10-11-18-15-30-20(13-23)19(18)12-16(3)5-2/h4-8,12-13,15,28H,1,9-11,14,25H2,2-3H3,(H2,24,27)(H,26,29)/b8-6-,16-5-,17-7+,19-12-,20-13-. The molecule has 6 N–H and O–H groups in total. The molecule has 0 bridgehead atoms. The molecule has 0 radical (unpaired) electrons. The maximum atomic E-state index is 11.9. The molecule has 162 valence electrons. The molecule has 1 aromatic heterocycles. The molecule has 8 heteroatoms. The Labute approximate surface area is 190 Å². The molecule has 1 heterocycles. The van der Waals surface area contributed by atoms with Crippen molar-refractivity contribution in [3.63, 3.8) is 0 Å². The van der Waals surface area contributed by atoms with Crippen LogP contribution in [0.3, 0.4) is 0 Å². The Morgan fingerprint density at radius 2 is 2.20 bits per heavy atom. The van der Waals surface area contributed by atoms with Gasteiger partial charge in [-0.1, -0.05) is 64.5 Å². The van der Waals surface area contributed by atoms with E-state index in [2.05, 4.69) is 62.9 Å². The average Bonchev–Trinajstić information content (AvgIpc) is 3.12. The Kier molecular flexibility index (Phi) is 12.4. The number of halogens is 1. The summed E-state index contributed by atoms with van der Waals surface area (Å²) in [5.41, 5.74) is 11.3. The van der Waals surface area contributed by atoms with Gasteiger partial charge in [0.2, 0.25) is 5.91 Å². The molecule has 0 saturated heterocycles. The summed E-state index contributed by atoms with van der Waals surface area (Å²) in [6.45, 7) is 8.07. The molecular weight excluding hydrogens is 462 g/mol. The topological polar surface area (TPSA) is 106 Å². The van der Waals surface area contributed by atoms with Crippen molar-refractivity contribution in [3.8, 4) is 0 Å². The van der Waals surface area contributed by atoms with Crippen LogP contribution >= 0.6 is 27.3 Å². The van der Waals surface area contributed by atoms with E-state index >= 15 is 0 Å². The number of carbonyl (C=O) groups excluding carboxylic acids is 1. The number of nitrogens with two attached hydrogens (primary N) is 2. The van der Waals surface area contributed by atoms with Crippen molar-refractivity contribution in [2.45, 2.75) is 33.1 Å². The second kappa shape index (κ2) is 14.5. The number of nitrogens with zero attached hydrogens (tertiary/aromatic N) is 1. The molecule has 0 aliphatic rings. The van der Waals surface area contributed by atoms with Gasteiger partial charge < -0.3 is 11.1 Å². The number of hydrogen-bond acceptors (Lipinski definition) is 5. The summed E-state index contributed by atoms with van der Waals surface area (Å²) in [5.74, 6) is 5.10. The quantitative estimate of drug-likeness (QED) is 0.125. The molecule has 0 spiro atoms. The van der Waals surface area contributed by atoms with Crippen molar-refractivity contribution < 1.29 is 4.79 Å². The first-order valence-electron chi connectivity index (χ1n) is 9.49. The zero-order chi connectivity index (χ0) is 22.4. The molecule has 30 heavy (non-hydrogen) atoms. The highest BCUT2D eigenvalue weighted by Gasteiger charge is 2.03. The highest BCUT2D eigenvalue weighted by Crippen LogP contribution is 2.11. The minimum atomic E-state index is -0.145. The van der Waals surface area contributed by atoms with E-state index in [0.29, 0.717) is 0 Å². The Morgan fingerprint density at radius 1 is 1.43 bits per heavy atom. The first-order valence-corrected chi connectivity index (χ1v) is 11.3. The van der Waals surface area contributed by atoms with Crippen molar-refractivity contribution in [1.29, 1.82) is 0 Å². The van der Waals surface area contributed by atoms with Gasteiger partial charge in [-0.25, -0.2) is 11.4 Å². The van der Waals surface area contributed by atoms with Crippen molar-refractivity contribution in [2.24, 2.45) is 16.7 Å². The van der Waals surface area contributed by atoms with Gasteiger partial charge in [0.05, 0.1) is 6.54 Å². The van der Waals surface area contributed by atoms with Gasteiger partial charge >= 0.3 is 0 Å². The van der Waals surface area contributed by atoms with E-state index in [-0.39, 0.29) is 24.7 Å². The fourth-order valence-corrected chi connectivity index (χ4v) is 3.98. The van der Waals surface area contributed by atoms with Crippen LogP contribution in [0.25, 0.3) is 11.1 Å². The van der Waals surface area contributed by atoms with Crippen LogP contribution in [0.1, 0.15) is 32.3 Å². The summed E-state index contributed by atoms with van der Waals surface area (Å²) in [4.78, 5) is 13.9. The highest BCUT2D eigenvalue weighted by atomic mass is 79.9. The monoisotopic (exact) mass is 491 g/mol. The summed E-state index contributed by atoms with van der Waals surface area (Å²) in [5, 5.41) is 9.70. The van der Waals surface area contributed by atoms with Crippen molar-refractivity contribution in [3.05, 3.63) is 68.8 Å². The SMILES string of the molecule is C=C/C=C(\C=C/CC(=O)NC/C(N)=N/NN)CCc1csc(=C\Br)/c1=C\C(C)=C/C.